The summed E-state index contributed by atoms with van der Waals surface area (Å²) in [6.07, 6.45) is -0.313. The number of aliphatic hydroxyl groups excluding tert-OH is 1. The number of halogens is 1. The Morgan fingerprint density at radius 1 is 1.44 bits per heavy atom. The van der Waals surface area contributed by atoms with Crippen molar-refractivity contribution in [1.82, 2.24) is 10.2 Å². The van der Waals surface area contributed by atoms with Gasteiger partial charge in [-0.25, -0.2) is 0 Å². The number of rotatable bonds is 6. The van der Waals surface area contributed by atoms with Crippen LogP contribution in [-0.4, -0.2) is 55.5 Å². The molecule has 1 fully saturated rings. The maximum absolute atomic E-state index is 9.93. The lowest BCUT2D eigenvalue weighted by Crippen LogP contribution is -2.43. The van der Waals surface area contributed by atoms with E-state index in [0.29, 0.717) is 6.54 Å². The van der Waals surface area contributed by atoms with E-state index >= 15 is 0 Å². The van der Waals surface area contributed by atoms with Crippen LogP contribution in [0.15, 0.2) is 15.9 Å². The Hall–Kier alpha value is 0.0200. The second-order valence-electron chi connectivity index (χ2n) is 4.40. The molecule has 0 saturated carbocycles. The van der Waals surface area contributed by atoms with Gasteiger partial charge < -0.3 is 15.2 Å². The Morgan fingerprint density at radius 3 is 2.89 bits per heavy atom. The highest BCUT2D eigenvalue weighted by molar-refractivity contribution is 9.11. The molecule has 0 bridgehead atoms. The quantitative estimate of drug-likeness (QED) is 0.822. The van der Waals surface area contributed by atoms with Crippen molar-refractivity contribution in [2.45, 2.75) is 12.6 Å². The minimum Gasteiger partial charge on any atom is -0.390 e. The topological polar surface area (TPSA) is 44.7 Å². The molecule has 2 rings (SSSR count). The molecular weight excluding hydrogens is 316 g/mol. The highest BCUT2D eigenvalue weighted by Gasteiger charge is 2.14. The summed E-state index contributed by atoms with van der Waals surface area (Å²) in [5, 5.41) is 13.2. The summed E-state index contributed by atoms with van der Waals surface area (Å²) in [7, 11) is 0. The van der Waals surface area contributed by atoms with Crippen LogP contribution < -0.4 is 5.32 Å². The second-order valence-corrected chi connectivity index (χ2v) is 6.95. The van der Waals surface area contributed by atoms with Gasteiger partial charge in [0.2, 0.25) is 0 Å². The van der Waals surface area contributed by atoms with Gasteiger partial charge in [0.05, 0.1) is 23.1 Å². The average molecular weight is 335 g/mol. The van der Waals surface area contributed by atoms with Crippen molar-refractivity contribution in [3.8, 4) is 0 Å². The predicted molar refractivity (Wildman–Crippen MR) is 77.0 cm³/mol. The van der Waals surface area contributed by atoms with Gasteiger partial charge in [-0.2, -0.15) is 0 Å². The molecule has 6 heteroatoms. The van der Waals surface area contributed by atoms with Crippen LogP contribution in [-0.2, 0) is 11.3 Å². The molecule has 0 radical (unpaired) electrons. The summed E-state index contributed by atoms with van der Waals surface area (Å²) >= 11 is 5.16. The first-order valence-corrected chi connectivity index (χ1v) is 7.78. The van der Waals surface area contributed by atoms with Gasteiger partial charge in [-0.15, -0.1) is 11.3 Å². The third kappa shape index (κ3) is 4.95. The molecule has 0 aliphatic carbocycles. The summed E-state index contributed by atoms with van der Waals surface area (Å²) in [5.74, 6) is 0. The monoisotopic (exact) mass is 334 g/mol. The third-order valence-corrected chi connectivity index (χ3v) is 4.50. The molecule has 18 heavy (non-hydrogen) atoms. The van der Waals surface area contributed by atoms with E-state index in [1.165, 1.54) is 4.88 Å². The first kappa shape index (κ1) is 14.4. The van der Waals surface area contributed by atoms with Gasteiger partial charge in [-0.05, 0) is 28.1 Å². The van der Waals surface area contributed by atoms with E-state index in [1.807, 2.05) is 6.07 Å². The number of aliphatic hydroxyl groups is 1. The van der Waals surface area contributed by atoms with Gasteiger partial charge in [0.1, 0.15) is 0 Å². The predicted octanol–water partition coefficient (Wildman–Crippen LogP) is 1.29. The molecule has 102 valence electrons. The molecule has 1 unspecified atom stereocenters. The fourth-order valence-corrected chi connectivity index (χ4v) is 3.41. The van der Waals surface area contributed by atoms with Crippen LogP contribution in [0.1, 0.15) is 4.88 Å². The standard InChI is InChI=1S/C12H19BrN2O2S/c13-12-2-1-11(18-12)8-14-7-10(16)9-15-3-5-17-6-4-15/h1-2,10,14,16H,3-9H2. The first-order valence-electron chi connectivity index (χ1n) is 6.17. The Labute approximate surface area is 120 Å². The van der Waals surface area contributed by atoms with E-state index in [0.717, 1.165) is 43.2 Å². The summed E-state index contributed by atoms with van der Waals surface area (Å²) < 4.78 is 6.43. The van der Waals surface area contributed by atoms with Crippen LogP contribution in [0.4, 0.5) is 0 Å². The molecule has 1 aliphatic heterocycles. The van der Waals surface area contributed by atoms with Gasteiger partial charge in [-0.3, -0.25) is 4.90 Å². The minimum atomic E-state index is -0.313. The first-order chi connectivity index (χ1) is 8.74. The van der Waals surface area contributed by atoms with Gasteiger partial charge in [0.25, 0.3) is 0 Å². The Morgan fingerprint density at radius 2 is 2.22 bits per heavy atom. The van der Waals surface area contributed by atoms with Crippen molar-refractivity contribution in [3.63, 3.8) is 0 Å². The maximum atomic E-state index is 9.93. The fourth-order valence-electron chi connectivity index (χ4n) is 1.96. The zero-order valence-electron chi connectivity index (χ0n) is 10.3. The normalized spacial score (nSPS) is 19.0. The second kappa shape index (κ2) is 7.57. The van der Waals surface area contributed by atoms with E-state index in [9.17, 15) is 5.11 Å². The molecule has 1 atom stereocenters. The largest absolute Gasteiger partial charge is 0.390 e. The van der Waals surface area contributed by atoms with Crippen LogP contribution in [0.3, 0.4) is 0 Å². The zero-order valence-corrected chi connectivity index (χ0v) is 12.7. The van der Waals surface area contributed by atoms with Gasteiger partial charge >= 0.3 is 0 Å². The Balaban J connectivity index is 1.60. The van der Waals surface area contributed by atoms with E-state index in [2.05, 4.69) is 32.2 Å². The van der Waals surface area contributed by atoms with Crippen LogP contribution in [0.5, 0.6) is 0 Å². The SMILES string of the molecule is OC(CNCc1ccc(Br)s1)CN1CCOCC1. The number of morpholine rings is 1. The summed E-state index contributed by atoms with van der Waals surface area (Å²) in [6, 6.07) is 4.14. The molecule has 0 spiro atoms. The van der Waals surface area contributed by atoms with Gasteiger partial charge in [-0.1, -0.05) is 0 Å². The van der Waals surface area contributed by atoms with Crippen molar-refractivity contribution >= 4 is 27.3 Å². The number of thiophene rings is 1. The van der Waals surface area contributed by atoms with Crippen molar-refractivity contribution in [1.29, 1.82) is 0 Å². The van der Waals surface area contributed by atoms with Gasteiger partial charge in [0, 0.05) is 37.6 Å². The summed E-state index contributed by atoms with van der Waals surface area (Å²) in [5.41, 5.74) is 0. The van der Waals surface area contributed by atoms with E-state index in [1.54, 1.807) is 11.3 Å². The highest BCUT2D eigenvalue weighted by Crippen LogP contribution is 2.21. The zero-order chi connectivity index (χ0) is 12.8. The van der Waals surface area contributed by atoms with Crippen molar-refractivity contribution < 1.29 is 9.84 Å². The van der Waals surface area contributed by atoms with E-state index < -0.39 is 0 Å². The Bertz CT molecular complexity index is 356. The van der Waals surface area contributed by atoms with Crippen molar-refractivity contribution in [2.24, 2.45) is 0 Å². The lowest BCUT2D eigenvalue weighted by molar-refractivity contribution is 0.0149. The number of hydrogen-bond donors (Lipinski definition) is 2. The molecular formula is C12H19BrN2O2S. The van der Waals surface area contributed by atoms with Gasteiger partial charge in [0.15, 0.2) is 0 Å². The number of nitrogens with one attached hydrogen (secondary N) is 1. The molecule has 0 amide bonds. The molecule has 4 nitrogen and oxygen atoms in total. The molecule has 2 heterocycles. The van der Waals surface area contributed by atoms with Crippen LogP contribution >= 0.6 is 27.3 Å². The lowest BCUT2D eigenvalue weighted by atomic mass is 10.3. The number of hydrogen-bond acceptors (Lipinski definition) is 5. The molecule has 1 saturated heterocycles. The summed E-state index contributed by atoms with van der Waals surface area (Å²) in [4.78, 5) is 3.53. The summed E-state index contributed by atoms with van der Waals surface area (Å²) in [6.45, 7) is 5.59. The minimum absolute atomic E-state index is 0.313. The van der Waals surface area contributed by atoms with Crippen molar-refractivity contribution in [2.75, 3.05) is 39.4 Å². The number of ether oxygens (including phenoxy) is 1. The highest BCUT2D eigenvalue weighted by atomic mass is 79.9. The lowest BCUT2D eigenvalue weighted by Gasteiger charge is -2.28. The van der Waals surface area contributed by atoms with Crippen LogP contribution in [0.25, 0.3) is 0 Å². The van der Waals surface area contributed by atoms with E-state index in [4.69, 9.17) is 4.74 Å². The molecule has 2 N–H and O–H groups in total. The molecule has 0 aromatic carbocycles. The third-order valence-electron chi connectivity index (χ3n) is 2.88. The average Bonchev–Trinajstić information content (AvgIpc) is 2.76. The maximum Gasteiger partial charge on any atom is 0.0791 e. The van der Waals surface area contributed by atoms with Crippen LogP contribution in [0.2, 0.25) is 0 Å². The Kier molecular flexibility index (Phi) is 6.07. The smallest absolute Gasteiger partial charge is 0.0791 e. The number of β-amino-alcohol motifs (C(OH)–C–C–N with tert-alkyl or cyclic N) is 1. The molecule has 1 aromatic rings. The van der Waals surface area contributed by atoms with Crippen molar-refractivity contribution in [3.05, 3.63) is 20.8 Å². The van der Waals surface area contributed by atoms with E-state index in [-0.39, 0.29) is 6.10 Å². The molecule has 1 aliphatic rings. The molecule has 1 aromatic heterocycles. The fraction of sp³-hybridized carbons (Fsp3) is 0.667. The number of nitrogens with zero attached hydrogens (tertiary/aromatic N) is 1. The van der Waals surface area contributed by atoms with Crippen LogP contribution in [0, 0.1) is 0 Å².